The molecule has 1 aliphatic rings. The number of nitrogens with one attached hydrogen (secondary N) is 1. The minimum atomic E-state index is -0.416. The molecule has 2 rings (SSSR count). The lowest BCUT2D eigenvalue weighted by atomic mass is 10.2. The molecule has 2 heterocycles. The molecule has 0 amide bonds. The molecule has 0 radical (unpaired) electrons. The van der Waals surface area contributed by atoms with Gasteiger partial charge < -0.3 is 15.0 Å². The van der Waals surface area contributed by atoms with Crippen LogP contribution in [0.25, 0.3) is 0 Å². The van der Waals surface area contributed by atoms with Crippen LogP contribution in [-0.4, -0.2) is 47.2 Å². The van der Waals surface area contributed by atoms with E-state index in [0.717, 1.165) is 0 Å². The topological polar surface area (TPSA) is 93.4 Å². The Morgan fingerprint density at radius 2 is 2.30 bits per heavy atom. The summed E-state index contributed by atoms with van der Waals surface area (Å²) in [5.41, 5.74) is 0.343. The van der Waals surface area contributed by atoms with Crippen molar-refractivity contribution in [3.8, 4) is 0 Å². The van der Waals surface area contributed by atoms with Gasteiger partial charge in [-0.15, -0.1) is 0 Å². The van der Waals surface area contributed by atoms with Crippen molar-refractivity contribution in [1.29, 1.82) is 0 Å². The van der Waals surface area contributed by atoms with E-state index in [1.54, 1.807) is 6.92 Å². The molecule has 0 aromatic carbocycles. The van der Waals surface area contributed by atoms with Crippen molar-refractivity contribution < 1.29 is 9.66 Å². The molecule has 0 spiro atoms. The molecule has 1 atom stereocenters. The van der Waals surface area contributed by atoms with E-state index in [9.17, 15) is 10.1 Å². The zero-order valence-corrected chi connectivity index (χ0v) is 11.9. The zero-order chi connectivity index (χ0) is 14.7. The number of hydrogen-bond acceptors (Lipinski definition) is 7. The van der Waals surface area contributed by atoms with Gasteiger partial charge in [0, 0.05) is 19.6 Å². The normalized spacial score (nSPS) is 18.9. The van der Waals surface area contributed by atoms with Crippen LogP contribution in [0.5, 0.6) is 0 Å². The lowest BCUT2D eigenvalue weighted by Crippen LogP contribution is -2.42. The Morgan fingerprint density at radius 1 is 1.55 bits per heavy atom. The largest absolute Gasteiger partial charge is 0.375 e. The number of aryl methyl sites for hydroxylation is 1. The van der Waals surface area contributed by atoms with Gasteiger partial charge in [0.1, 0.15) is 5.69 Å². The Hall–Kier alpha value is -1.96. The number of nitro groups is 1. The molecule has 20 heavy (non-hydrogen) atoms. The SMILES string of the molecule is CCNc1nc(C)c([N+](=O)[O-])c(N2CCOC(C)C2)n1. The van der Waals surface area contributed by atoms with E-state index in [4.69, 9.17) is 4.74 Å². The van der Waals surface area contributed by atoms with Gasteiger partial charge in [-0.2, -0.15) is 4.98 Å². The Labute approximate surface area is 117 Å². The molecule has 1 saturated heterocycles. The first-order chi connectivity index (χ1) is 9.52. The van der Waals surface area contributed by atoms with Crippen LogP contribution >= 0.6 is 0 Å². The van der Waals surface area contributed by atoms with Gasteiger partial charge in [0.05, 0.1) is 17.6 Å². The summed E-state index contributed by atoms with van der Waals surface area (Å²) >= 11 is 0. The second-order valence-corrected chi connectivity index (χ2v) is 4.72. The van der Waals surface area contributed by atoms with Crippen LogP contribution in [0.2, 0.25) is 0 Å². The lowest BCUT2D eigenvalue weighted by Gasteiger charge is -2.31. The molecule has 8 nitrogen and oxygen atoms in total. The van der Waals surface area contributed by atoms with E-state index >= 15 is 0 Å². The van der Waals surface area contributed by atoms with Crippen LogP contribution in [-0.2, 0) is 4.74 Å². The predicted molar refractivity (Wildman–Crippen MR) is 75.2 cm³/mol. The molecule has 8 heteroatoms. The highest BCUT2D eigenvalue weighted by atomic mass is 16.6. The van der Waals surface area contributed by atoms with Crippen molar-refractivity contribution in [2.24, 2.45) is 0 Å². The maximum absolute atomic E-state index is 11.3. The van der Waals surface area contributed by atoms with Crippen molar-refractivity contribution in [2.75, 3.05) is 36.5 Å². The number of anilines is 2. The third-order valence-electron chi connectivity index (χ3n) is 3.10. The van der Waals surface area contributed by atoms with Crippen molar-refractivity contribution >= 4 is 17.5 Å². The highest BCUT2D eigenvalue weighted by Crippen LogP contribution is 2.30. The van der Waals surface area contributed by atoms with Crippen molar-refractivity contribution in [3.05, 3.63) is 15.8 Å². The highest BCUT2D eigenvalue weighted by Gasteiger charge is 2.29. The fourth-order valence-corrected chi connectivity index (χ4v) is 2.23. The van der Waals surface area contributed by atoms with E-state index in [0.29, 0.717) is 43.7 Å². The smallest absolute Gasteiger partial charge is 0.332 e. The quantitative estimate of drug-likeness (QED) is 0.657. The van der Waals surface area contributed by atoms with E-state index in [2.05, 4.69) is 15.3 Å². The number of nitrogens with zero attached hydrogens (tertiary/aromatic N) is 4. The summed E-state index contributed by atoms with van der Waals surface area (Å²) < 4.78 is 5.47. The van der Waals surface area contributed by atoms with Crippen LogP contribution in [0, 0.1) is 17.0 Å². The van der Waals surface area contributed by atoms with Gasteiger partial charge in [-0.3, -0.25) is 10.1 Å². The highest BCUT2D eigenvalue weighted by molar-refractivity contribution is 5.62. The minimum absolute atomic E-state index is 0.0271. The summed E-state index contributed by atoms with van der Waals surface area (Å²) in [6.07, 6.45) is 0.0289. The standard InChI is InChI=1S/C12H19N5O3/c1-4-13-12-14-9(3)10(17(18)19)11(15-12)16-5-6-20-8(2)7-16/h8H,4-7H2,1-3H3,(H,13,14,15). The maximum Gasteiger partial charge on any atom is 0.332 e. The molecular formula is C12H19N5O3. The van der Waals surface area contributed by atoms with Crippen LogP contribution < -0.4 is 10.2 Å². The van der Waals surface area contributed by atoms with E-state index in [1.165, 1.54) is 0 Å². The molecule has 1 N–H and O–H groups in total. The monoisotopic (exact) mass is 281 g/mol. The summed E-state index contributed by atoms with van der Waals surface area (Å²) in [6, 6.07) is 0. The molecular weight excluding hydrogens is 262 g/mol. The summed E-state index contributed by atoms with van der Waals surface area (Å²) in [6.45, 7) is 7.88. The zero-order valence-electron chi connectivity index (χ0n) is 11.9. The van der Waals surface area contributed by atoms with E-state index < -0.39 is 4.92 Å². The molecule has 0 bridgehead atoms. The van der Waals surface area contributed by atoms with Gasteiger partial charge in [-0.25, -0.2) is 4.98 Å². The van der Waals surface area contributed by atoms with E-state index in [1.807, 2.05) is 18.7 Å². The van der Waals surface area contributed by atoms with Crippen molar-refractivity contribution in [1.82, 2.24) is 9.97 Å². The number of ether oxygens (including phenoxy) is 1. The van der Waals surface area contributed by atoms with E-state index in [-0.39, 0.29) is 11.8 Å². The third kappa shape index (κ3) is 2.96. The number of aromatic nitrogens is 2. The average molecular weight is 281 g/mol. The van der Waals surface area contributed by atoms with Crippen molar-refractivity contribution in [2.45, 2.75) is 26.9 Å². The third-order valence-corrected chi connectivity index (χ3v) is 3.10. The summed E-state index contributed by atoms with van der Waals surface area (Å²) in [4.78, 5) is 21.2. The maximum atomic E-state index is 11.3. The molecule has 110 valence electrons. The molecule has 1 aromatic rings. The van der Waals surface area contributed by atoms with Crippen LogP contribution in [0.1, 0.15) is 19.5 Å². The van der Waals surface area contributed by atoms with Gasteiger partial charge in [-0.1, -0.05) is 0 Å². The molecule has 1 fully saturated rings. The molecule has 0 aliphatic carbocycles. The van der Waals surface area contributed by atoms with Crippen LogP contribution in [0.15, 0.2) is 0 Å². The first-order valence-corrected chi connectivity index (χ1v) is 6.66. The van der Waals surface area contributed by atoms with Gasteiger partial charge in [0.25, 0.3) is 0 Å². The molecule has 1 aliphatic heterocycles. The fourth-order valence-electron chi connectivity index (χ4n) is 2.23. The van der Waals surface area contributed by atoms with Crippen LogP contribution in [0.3, 0.4) is 0 Å². The second-order valence-electron chi connectivity index (χ2n) is 4.72. The fraction of sp³-hybridized carbons (Fsp3) is 0.667. The van der Waals surface area contributed by atoms with Crippen LogP contribution in [0.4, 0.5) is 17.5 Å². The number of hydrogen-bond donors (Lipinski definition) is 1. The summed E-state index contributed by atoms with van der Waals surface area (Å²) in [5.74, 6) is 0.790. The number of morpholine rings is 1. The summed E-state index contributed by atoms with van der Waals surface area (Å²) in [5, 5.41) is 14.3. The first-order valence-electron chi connectivity index (χ1n) is 6.66. The lowest BCUT2D eigenvalue weighted by molar-refractivity contribution is -0.385. The predicted octanol–water partition coefficient (Wildman–Crippen LogP) is 1.35. The molecule has 0 saturated carbocycles. The Morgan fingerprint density at radius 3 is 2.90 bits per heavy atom. The first kappa shape index (κ1) is 14.4. The molecule has 1 unspecified atom stereocenters. The summed E-state index contributed by atoms with van der Waals surface area (Å²) in [7, 11) is 0. The van der Waals surface area contributed by atoms with Gasteiger partial charge in [0.15, 0.2) is 0 Å². The Bertz CT molecular complexity index is 508. The molecule has 1 aromatic heterocycles. The average Bonchev–Trinajstić information content (AvgIpc) is 2.37. The van der Waals surface area contributed by atoms with Gasteiger partial charge in [0.2, 0.25) is 11.8 Å². The van der Waals surface area contributed by atoms with Gasteiger partial charge >= 0.3 is 5.69 Å². The second kappa shape index (κ2) is 6.00. The minimum Gasteiger partial charge on any atom is -0.375 e. The van der Waals surface area contributed by atoms with Gasteiger partial charge in [-0.05, 0) is 20.8 Å². The number of rotatable bonds is 4. The Balaban J connectivity index is 2.44. The Kier molecular flexibility index (Phi) is 4.33. The van der Waals surface area contributed by atoms with Crippen molar-refractivity contribution in [3.63, 3.8) is 0 Å².